The first kappa shape index (κ1) is 15.4. The molecule has 0 aliphatic carbocycles. The first-order chi connectivity index (χ1) is 9.27. The molecule has 106 valence electrons. The van der Waals surface area contributed by atoms with Gasteiger partial charge in [0.2, 0.25) is 0 Å². The van der Waals surface area contributed by atoms with Crippen LogP contribution in [0.4, 0.5) is 13.2 Å². The second-order valence-electron chi connectivity index (χ2n) is 3.68. The van der Waals surface area contributed by atoms with E-state index in [9.17, 15) is 13.2 Å². The Labute approximate surface area is 130 Å². The minimum absolute atomic E-state index is 0.116. The molecule has 20 heavy (non-hydrogen) atoms. The summed E-state index contributed by atoms with van der Waals surface area (Å²) in [6.45, 7) is 0. The molecule has 0 saturated carbocycles. The van der Waals surface area contributed by atoms with Crippen LogP contribution in [0.25, 0.3) is 0 Å². The normalized spacial score (nSPS) is 11.5. The molecule has 0 N–H and O–H groups in total. The number of aromatic nitrogens is 1. The Kier molecular flexibility index (Phi) is 4.46. The van der Waals surface area contributed by atoms with Crippen molar-refractivity contribution in [1.82, 2.24) is 4.98 Å². The van der Waals surface area contributed by atoms with Crippen molar-refractivity contribution in [2.75, 3.05) is 0 Å². The number of hydrogen-bond acceptors (Lipinski definition) is 2. The molecule has 0 spiro atoms. The van der Waals surface area contributed by atoms with Gasteiger partial charge >= 0.3 is 6.18 Å². The molecule has 1 aromatic carbocycles. The van der Waals surface area contributed by atoms with E-state index < -0.39 is 17.5 Å². The standard InChI is InChI=1S/C12H5BrCl2F3NO/c13-6-3-7(14)5-8(4-6)20-10-9(12(16,17)18)1-2-19-11(10)15/h1-5H. The maximum atomic E-state index is 12.9. The zero-order chi connectivity index (χ0) is 14.9. The molecule has 0 fully saturated rings. The fourth-order valence-electron chi connectivity index (χ4n) is 1.45. The Morgan fingerprint density at radius 2 is 1.85 bits per heavy atom. The van der Waals surface area contributed by atoms with Crippen LogP contribution in [0.1, 0.15) is 5.56 Å². The average molecular weight is 387 g/mol. The van der Waals surface area contributed by atoms with E-state index in [0.29, 0.717) is 9.50 Å². The molecule has 2 rings (SSSR count). The largest absolute Gasteiger partial charge is 0.453 e. The summed E-state index contributed by atoms with van der Waals surface area (Å²) in [5, 5.41) is -0.0705. The van der Waals surface area contributed by atoms with E-state index in [-0.39, 0.29) is 10.9 Å². The number of rotatable bonds is 2. The van der Waals surface area contributed by atoms with Crippen molar-refractivity contribution in [2.45, 2.75) is 6.18 Å². The van der Waals surface area contributed by atoms with Crippen LogP contribution in [0, 0.1) is 0 Å². The maximum absolute atomic E-state index is 12.9. The summed E-state index contributed by atoms with van der Waals surface area (Å²) in [5.41, 5.74) is -1.01. The second kappa shape index (κ2) is 5.79. The smallest absolute Gasteiger partial charge is 0.420 e. The molecule has 0 aliphatic heterocycles. The van der Waals surface area contributed by atoms with Gasteiger partial charge in [-0.2, -0.15) is 13.2 Å². The van der Waals surface area contributed by atoms with Gasteiger partial charge in [-0.25, -0.2) is 4.98 Å². The first-order valence-corrected chi connectivity index (χ1v) is 6.68. The topological polar surface area (TPSA) is 22.1 Å². The monoisotopic (exact) mass is 385 g/mol. The van der Waals surface area contributed by atoms with E-state index in [1.54, 1.807) is 6.07 Å². The minimum Gasteiger partial charge on any atom is -0.453 e. The van der Waals surface area contributed by atoms with Gasteiger partial charge in [-0.3, -0.25) is 0 Å². The highest BCUT2D eigenvalue weighted by molar-refractivity contribution is 9.10. The van der Waals surface area contributed by atoms with Gasteiger partial charge < -0.3 is 4.74 Å². The number of pyridine rings is 1. The average Bonchev–Trinajstić information content (AvgIpc) is 2.29. The molecular weight excluding hydrogens is 382 g/mol. The third-order valence-electron chi connectivity index (χ3n) is 2.22. The summed E-state index contributed by atoms with van der Waals surface area (Å²) in [5.74, 6) is -0.444. The van der Waals surface area contributed by atoms with Gasteiger partial charge in [0.25, 0.3) is 0 Å². The fourth-order valence-corrected chi connectivity index (χ4v) is 2.47. The van der Waals surface area contributed by atoms with Crippen molar-refractivity contribution in [3.05, 3.63) is 50.7 Å². The molecule has 0 bridgehead atoms. The molecule has 0 amide bonds. The Hall–Kier alpha value is -0.980. The summed E-state index contributed by atoms with van der Waals surface area (Å²) >= 11 is 14.7. The van der Waals surface area contributed by atoms with Gasteiger partial charge in [-0.15, -0.1) is 0 Å². The van der Waals surface area contributed by atoms with Crippen molar-refractivity contribution in [3.8, 4) is 11.5 Å². The number of halogens is 6. The molecule has 8 heteroatoms. The Balaban J connectivity index is 2.48. The molecule has 0 unspecified atom stereocenters. The van der Waals surface area contributed by atoms with Crippen LogP contribution in [0.15, 0.2) is 34.9 Å². The summed E-state index contributed by atoms with van der Waals surface area (Å²) in [4.78, 5) is 3.59. The van der Waals surface area contributed by atoms with Crippen LogP contribution in [-0.4, -0.2) is 4.98 Å². The molecular formula is C12H5BrCl2F3NO. The van der Waals surface area contributed by atoms with Crippen molar-refractivity contribution < 1.29 is 17.9 Å². The van der Waals surface area contributed by atoms with E-state index in [2.05, 4.69) is 20.9 Å². The number of alkyl halides is 3. The lowest BCUT2D eigenvalue weighted by molar-refractivity contribution is -0.138. The quantitative estimate of drug-likeness (QED) is 0.594. The molecule has 0 saturated heterocycles. The molecule has 0 radical (unpaired) electrons. The van der Waals surface area contributed by atoms with E-state index in [4.69, 9.17) is 27.9 Å². The van der Waals surface area contributed by atoms with Crippen LogP contribution in [0.5, 0.6) is 11.5 Å². The van der Waals surface area contributed by atoms with E-state index in [1.807, 2.05) is 0 Å². The lowest BCUT2D eigenvalue weighted by Crippen LogP contribution is -2.08. The van der Waals surface area contributed by atoms with E-state index in [1.165, 1.54) is 12.1 Å². The number of nitrogens with zero attached hydrogens (tertiary/aromatic N) is 1. The van der Waals surface area contributed by atoms with Gasteiger partial charge in [0, 0.05) is 15.7 Å². The molecule has 2 nitrogen and oxygen atoms in total. The van der Waals surface area contributed by atoms with Crippen molar-refractivity contribution >= 4 is 39.1 Å². The highest BCUT2D eigenvalue weighted by Gasteiger charge is 2.36. The molecule has 1 aromatic heterocycles. The van der Waals surface area contributed by atoms with E-state index >= 15 is 0 Å². The van der Waals surface area contributed by atoms with Crippen molar-refractivity contribution in [3.63, 3.8) is 0 Å². The summed E-state index contributed by atoms with van der Waals surface area (Å²) in [6, 6.07) is 5.20. The van der Waals surface area contributed by atoms with Gasteiger partial charge in [-0.1, -0.05) is 39.1 Å². The molecule has 2 aromatic rings. The summed E-state index contributed by atoms with van der Waals surface area (Å²) < 4.78 is 44.4. The van der Waals surface area contributed by atoms with Crippen molar-refractivity contribution in [2.24, 2.45) is 0 Å². The molecule has 0 atom stereocenters. The van der Waals surface area contributed by atoms with Crippen molar-refractivity contribution in [1.29, 1.82) is 0 Å². The Morgan fingerprint density at radius 1 is 1.15 bits per heavy atom. The lowest BCUT2D eigenvalue weighted by Gasteiger charge is -2.14. The summed E-state index contributed by atoms with van der Waals surface area (Å²) in [6.07, 6.45) is -3.64. The third-order valence-corrected chi connectivity index (χ3v) is 3.17. The predicted molar refractivity (Wildman–Crippen MR) is 73.5 cm³/mol. The highest BCUT2D eigenvalue weighted by Crippen LogP contribution is 2.41. The first-order valence-electron chi connectivity index (χ1n) is 5.13. The molecule has 0 aliphatic rings. The number of ether oxygens (including phenoxy) is 1. The zero-order valence-corrected chi connectivity index (χ0v) is 12.6. The second-order valence-corrected chi connectivity index (χ2v) is 5.39. The fraction of sp³-hybridized carbons (Fsp3) is 0.0833. The summed E-state index contributed by atoms with van der Waals surface area (Å²) in [7, 11) is 0. The van der Waals surface area contributed by atoms with Crippen LogP contribution in [-0.2, 0) is 6.18 Å². The van der Waals surface area contributed by atoms with Crippen LogP contribution < -0.4 is 4.74 Å². The Bertz CT molecular complexity index is 629. The van der Waals surface area contributed by atoms with Gasteiger partial charge in [0.1, 0.15) is 11.3 Å². The molecule has 1 heterocycles. The third kappa shape index (κ3) is 3.56. The number of hydrogen-bond donors (Lipinski definition) is 0. The lowest BCUT2D eigenvalue weighted by atomic mass is 10.2. The van der Waals surface area contributed by atoms with E-state index in [0.717, 1.165) is 12.3 Å². The minimum atomic E-state index is -4.60. The highest BCUT2D eigenvalue weighted by atomic mass is 79.9. The predicted octanol–water partition coefficient (Wildman–Crippen LogP) is 5.96. The van der Waals surface area contributed by atoms with Gasteiger partial charge in [0.15, 0.2) is 10.9 Å². The maximum Gasteiger partial charge on any atom is 0.420 e. The van der Waals surface area contributed by atoms with Crippen LogP contribution in [0.3, 0.4) is 0 Å². The number of benzene rings is 1. The van der Waals surface area contributed by atoms with Crippen LogP contribution >= 0.6 is 39.1 Å². The SMILES string of the molecule is FC(F)(F)c1ccnc(Cl)c1Oc1cc(Cl)cc(Br)c1. The Morgan fingerprint density at radius 3 is 2.45 bits per heavy atom. The van der Waals surface area contributed by atoms with Crippen LogP contribution in [0.2, 0.25) is 10.2 Å². The zero-order valence-electron chi connectivity index (χ0n) is 9.51. The van der Waals surface area contributed by atoms with Gasteiger partial charge in [0.05, 0.1) is 0 Å². The van der Waals surface area contributed by atoms with Gasteiger partial charge in [-0.05, 0) is 24.3 Å².